The Morgan fingerprint density at radius 2 is 1.68 bits per heavy atom. The maximum atomic E-state index is 13.0. The number of carbonyl (C=O) groups excluding carboxylic acids is 1. The van der Waals surface area contributed by atoms with Crippen LogP contribution in [0.5, 0.6) is 0 Å². The zero-order valence-electron chi connectivity index (χ0n) is 13.2. The van der Waals surface area contributed by atoms with E-state index in [9.17, 15) is 17.6 Å². The molecule has 25 heavy (non-hydrogen) atoms. The summed E-state index contributed by atoms with van der Waals surface area (Å²) in [6, 6.07) is 9.50. The average molecular weight is 396 g/mol. The summed E-state index contributed by atoms with van der Waals surface area (Å²) < 4.78 is 40.3. The molecule has 0 fully saturated rings. The number of rotatable bonds is 6. The van der Waals surface area contributed by atoms with Crippen LogP contribution in [-0.2, 0) is 14.8 Å². The molecule has 1 unspecified atom stereocenters. The van der Waals surface area contributed by atoms with Gasteiger partial charge >= 0.3 is 29.6 Å². The number of hydrogen-bond acceptors (Lipinski definition) is 4. The first-order valence-electron chi connectivity index (χ1n) is 6.78. The van der Waals surface area contributed by atoms with Crippen molar-refractivity contribution in [3.63, 3.8) is 0 Å². The van der Waals surface area contributed by atoms with E-state index in [1.165, 1.54) is 41.9 Å². The molecule has 0 aliphatic carbocycles. The number of benzene rings is 2. The molecule has 0 radical (unpaired) electrons. The van der Waals surface area contributed by atoms with Gasteiger partial charge in [0, 0.05) is 11.4 Å². The van der Waals surface area contributed by atoms with Gasteiger partial charge < -0.3 is 0 Å². The number of amides is 1. The molecule has 0 aromatic heterocycles. The molecule has 1 atom stereocenters. The van der Waals surface area contributed by atoms with Gasteiger partial charge in [0.15, 0.2) is 0 Å². The molecular formula is C15H14ClFN2NaO4S+. The molecule has 2 aromatic rings. The Morgan fingerprint density at radius 1 is 1.12 bits per heavy atom. The van der Waals surface area contributed by atoms with Crippen molar-refractivity contribution in [1.82, 2.24) is 10.2 Å². The van der Waals surface area contributed by atoms with Gasteiger partial charge in [-0.05, 0) is 42.0 Å². The molecule has 128 valence electrons. The Hall–Kier alpha value is -1.000. The van der Waals surface area contributed by atoms with Crippen molar-refractivity contribution in [2.24, 2.45) is 0 Å². The van der Waals surface area contributed by atoms with Crippen molar-refractivity contribution in [1.29, 1.82) is 0 Å². The van der Waals surface area contributed by atoms with Gasteiger partial charge in [0.1, 0.15) is 5.82 Å². The summed E-state index contributed by atoms with van der Waals surface area (Å²) in [6.07, 6.45) is -0.366. The van der Waals surface area contributed by atoms with Gasteiger partial charge in [0.25, 0.3) is 0 Å². The molecule has 0 heterocycles. The minimum absolute atomic E-state index is 0. The molecule has 6 nitrogen and oxygen atoms in total. The summed E-state index contributed by atoms with van der Waals surface area (Å²) in [4.78, 5) is 11.4. The van der Waals surface area contributed by atoms with E-state index in [1.807, 2.05) is 0 Å². The second-order valence-electron chi connectivity index (χ2n) is 4.92. The number of hydrogen-bond donors (Lipinski definition) is 3. The predicted octanol–water partition coefficient (Wildman–Crippen LogP) is -0.602. The minimum Gasteiger partial charge on any atom is -0.289 e. The number of halogens is 2. The normalized spacial score (nSPS) is 12.1. The van der Waals surface area contributed by atoms with Crippen molar-refractivity contribution in [2.75, 3.05) is 0 Å². The topological polar surface area (TPSA) is 95.5 Å². The van der Waals surface area contributed by atoms with E-state index in [0.29, 0.717) is 10.6 Å². The van der Waals surface area contributed by atoms with Crippen molar-refractivity contribution in [3.05, 3.63) is 64.9 Å². The first kappa shape index (κ1) is 22.0. The van der Waals surface area contributed by atoms with E-state index in [0.717, 1.165) is 12.1 Å². The first-order chi connectivity index (χ1) is 11.3. The molecule has 0 saturated carbocycles. The van der Waals surface area contributed by atoms with Gasteiger partial charge in [-0.3, -0.25) is 10.0 Å². The van der Waals surface area contributed by atoms with Crippen molar-refractivity contribution < 1.29 is 52.4 Å². The molecule has 10 heteroatoms. The van der Waals surface area contributed by atoms with Gasteiger partial charge in [-0.2, -0.15) is 0 Å². The monoisotopic (exact) mass is 395 g/mol. The van der Waals surface area contributed by atoms with Gasteiger partial charge in [0.05, 0.1) is 10.9 Å². The van der Waals surface area contributed by atoms with E-state index in [1.54, 1.807) is 0 Å². The van der Waals surface area contributed by atoms with E-state index in [4.69, 9.17) is 16.8 Å². The molecule has 0 spiro atoms. The standard InChI is InChI=1S/C15H14ClFN2O4S.Na/c16-11-3-7-13(8-4-11)24(22,23)19-14(9-15(20)18-21)10-1-5-12(17)6-2-10;/h1-8,14,19,21H,9H2,(H,18,20);/q;+1. The van der Waals surface area contributed by atoms with Crippen molar-refractivity contribution >= 4 is 27.5 Å². The van der Waals surface area contributed by atoms with Gasteiger partial charge in [0.2, 0.25) is 15.9 Å². The van der Waals surface area contributed by atoms with Crippen LogP contribution in [0.4, 0.5) is 4.39 Å². The van der Waals surface area contributed by atoms with Crippen LogP contribution in [-0.4, -0.2) is 19.5 Å². The Bertz CT molecular complexity index is 816. The molecule has 0 aliphatic heterocycles. The number of carbonyl (C=O) groups is 1. The van der Waals surface area contributed by atoms with E-state index >= 15 is 0 Å². The Labute approximate surface area is 171 Å². The summed E-state index contributed by atoms with van der Waals surface area (Å²) in [5.41, 5.74) is 1.82. The second kappa shape index (κ2) is 9.63. The Kier molecular flexibility index (Phi) is 8.49. The van der Waals surface area contributed by atoms with Crippen LogP contribution in [0.15, 0.2) is 53.4 Å². The summed E-state index contributed by atoms with van der Waals surface area (Å²) >= 11 is 5.73. The fourth-order valence-electron chi connectivity index (χ4n) is 2.02. The summed E-state index contributed by atoms with van der Waals surface area (Å²) in [5, 5.41) is 9.05. The van der Waals surface area contributed by atoms with E-state index < -0.39 is 27.8 Å². The van der Waals surface area contributed by atoms with Crippen LogP contribution in [0.3, 0.4) is 0 Å². The molecule has 2 aromatic carbocycles. The fourth-order valence-corrected chi connectivity index (χ4v) is 3.37. The smallest absolute Gasteiger partial charge is 0.289 e. The fraction of sp³-hybridized carbons (Fsp3) is 0.133. The molecule has 2 rings (SSSR count). The molecule has 0 bridgehead atoms. The third-order valence-electron chi connectivity index (χ3n) is 3.21. The summed E-state index contributed by atoms with van der Waals surface area (Å²) in [7, 11) is -3.95. The maximum Gasteiger partial charge on any atom is 1.00 e. The van der Waals surface area contributed by atoms with Crippen LogP contribution in [0, 0.1) is 5.82 Å². The molecule has 3 N–H and O–H groups in total. The molecule has 0 aliphatic rings. The predicted molar refractivity (Wildman–Crippen MR) is 85.5 cm³/mol. The number of hydroxylamine groups is 1. The summed E-state index contributed by atoms with van der Waals surface area (Å²) in [6.45, 7) is 0. The number of sulfonamides is 1. The van der Waals surface area contributed by atoms with Crippen LogP contribution >= 0.6 is 11.6 Å². The molecular weight excluding hydrogens is 382 g/mol. The first-order valence-corrected chi connectivity index (χ1v) is 8.64. The van der Waals surface area contributed by atoms with Crippen LogP contribution in [0.25, 0.3) is 0 Å². The van der Waals surface area contributed by atoms with Crippen molar-refractivity contribution in [3.8, 4) is 0 Å². The largest absolute Gasteiger partial charge is 1.00 e. The van der Waals surface area contributed by atoms with Crippen molar-refractivity contribution in [2.45, 2.75) is 17.4 Å². The Balaban J connectivity index is 0.00000312. The average Bonchev–Trinajstić information content (AvgIpc) is 2.55. The van der Waals surface area contributed by atoms with Crippen LogP contribution in [0.2, 0.25) is 5.02 Å². The SMILES string of the molecule is O=C(CC(NS(=O)(=O)c1ccc(Cl)cc1)c1ccc(F)cc1)NO.[Na+]. The minimum atomic E-state index is -3.95. The maximum absolute atomic E-state index is 13.0. The van der Waals surface area contributed by atoms with Crippen LogP contribution in [0.1, 0.15) is 18.0 Å². The third-order valence-corrected chi connectivity index (χ3v) is 4.95. The van der Waals surface area contributed by atoms with Gasteiger partial charge in [-0.1, -0.05) is 23.7 Å². The molecule has 1 amide bonds. The quantitative estimate of drug-likeness (QED) is 0.346. The molecule has 0 saturated heterocycles. The van der Waals surface area contributed by atoms with Gasteiger partial charge in [-0.25, -0.2) is 23.0 Å². The number of nitrogens with one attached hydrogen (secondary N) is 2. The zero-order chi connectivity index (χ0) is 17.7. The Morgan fingerprint density at radius 3 is 2.20 bits per heavy atom. The zero-order valence-corrected chi connectivity index (χ0v) is 16.8. The van der Waals surface area contributed by atoms with Gasteiger partial charge in [-0.15, -0.1) is 0 Å². The van der Waals surface area contributed by atoms with E-state index in [-0.39, 0.29) is 40.9 Å². The third kappa shape index (κ3) is 6.34. The second-order valence-corrected chi connectivity index (χ2v) is 7.07. The van der Waals surface area contributed by atoms with Crippen LogP contribution < -0.4 is 39.8 Å². The van der Waals surface area contributed by atoms with E-state index in [2.05, 4.69) is 4.72 Å². The summed E-state index contributed by atoms with van der Waals surface area (Å²) in [5.74, 6) is -1.28.